The number of nitrogens with one attached hydrogen (secondary N) is 2. The maximum atomic E-state index is 6.66. The maximum Gasteiger partial charge on any atom is 0.140 e. The molecule has 0 aliphatic rings. The fraction of sp³-hybridized carbons (Fsp3) is 0.333. The lowest BCUT2D eigenvalue weighted by Crippen LogP contribution is -2.27. The second-order valence-corrected chi connectivity index (χ2v) is 1.42. The zero-order valence-corrected chi connectivity index (χ0v) is 5.26. The molecular formula is C6H11N2O. The van der Waals surface area contributed by atoms with Gasteiger partial charge in [-0.15, -0.1) is 6.58 Å². The monoisotopic (exact) mass is 127 g/mol. The second kappa shape index (κ2) is 5.50. The van der Waals surface area contributed by atoms with Crippen molar-refractivity contribution >= 4 is 0 Å². The summed E-state index contributed by atoms with van der Waals surface area (Å²) in [6, 6.07) is 0. The average Bonchev–Trinajstić information content (AvgIpc) is 1.91. The van der Waals surface area contributed by atoms with Gasteiger partial charge in [-0.1, -0.05) is 12.7 Å². The van der Waals surface area contributed by atoms with Crippen molar-refractivity contribution in [2.75, 3.05) is 6.61 Å². The van der Waals surface area contributed by atoms with Crippen LogP contribution >= 0.6 is 0 Å². The van der Waals surface area contributed by atoms with Crippen molar-refractivity contribution in [3.05, 3.63) is 25.3 Å². The van der Waals surface area contributed by atoms with Crippen molar-refractivity contribution in [1.29, 1.82) is 0 Å². The molecule has 0 aromatic rings. The summed E-state index contributed by atoms with van der Waals surface area (Å²) in [5, 5.41) is 0. The van der Waals surface area contributed by atoms with Crippen LogP contribution in [0.1, 0.15) is 0 Å². The minimum Gasteiger partial charge on any atom is -0.354 e. The standard InChI is InChI=1S/C6H11N2O/c1-3-5-9-6(4-2)8-7/h3-4,6-8H,1-2,5H2. The van der Waals surface area contributed by atoms with Crippen LogP contribution in [-0.4, -0.2) is 12.8 Å². The zero-order valence-electron chi connectivity index (χ0n) is 5.26. The van der Waals surface area contributed by atoms with Crippen LogP contribution in [0, 0.1) is 0 Å². The van der Waals surface area contributed by atoms with E-state index in [4.69, 9.17) is 10.6 Å². The first-order valence-corrected chi connectivity index (χ1v) is 2.62. The van der Waals surface area contributed by atoms with Crippen LogP contribution in [0.3, 0.4) is 0 Å². The fourth-order valence-corrected chi connectivity index (χ4v) is 0.340. The Morgan fingerprint density at radius 2 is 2.33 bits per heavy atom. The van der Waals surface area contributed by atoms with E-state index in [0.717, 1.165) is 0 Å². The van der Waals surface area contributed by atoms with Gasteiger partial charge in [0.15, 0.2) is 0 Å². The summed E-state index contributed by atoms with van der Waals surface area (Å²) in [5.74, 6) is 6.66. The fourth-order valence-electron chi connectivity index (χ4n) is 0.340. The molecule has 3 nitrogen and oxygen atoms in total. The molecule has 0 amide bonds. The first kappa shape index (κ1) is 8.36. The van der Waals surface area contributed by atoms with E-state index in [9.17, 15) is 0 Å². The van der Waals surface area contributed by atoms with Crippen LogP contribution < -0.4 is 11.3 Å². The number of hydrogen-bond donors (Lipinski definition) is 1. The molecule has 0 aromatic heterocycles. The van der Waals surface area contributed by atoms with Crippen molar-refractivity contribution in [3.8, 4) is 0 Å². The largest absolute Gasteiger partial charge is 0.354 e. The van der Waals surface area contributed by atoms with Crippen LogP contribution in [0.2, 0.25) is 0 Å². The molecule has 51 valence electrons. The first-order valence-electron chi connectivity index (χ1n) is 2.62. The van der Waals surface area contributed by atoms with E-state index in [1.54, 1.807) is 6.08 Å². The highest BCUT2D eigenvalue weighted by Crippen LogP contribution is 1.85. The van der Waals surface area contributed by atoms with Crippen LogP contribution in [0.4, 0.5) is 0 Å². The lowest BCUT2D eigenvalue weighted by molar-refractivity contribution is 0.0824. The minimum atomic E-state index is -0.386. The van der Waals surface area contributed by atoms with Gasteiger partial charge in [0.05, 0.1) is 6.61 Å². The molecule has 0 bridgehead atoms. The highest BCUT2D eigenvalue weighted by molar-refractivity contribution is 4.77. The van der Waals surface area contributed by atoms with Crippen molar-refractivity contribution < 1.29 is 4.74 Å². The smallest absolute Gasteiger partial charge is 0.140 e. The van der Waals surface area contributed by atoms with E-state index in [1.807, 2.05) is 0 Å². The van der Waals surface area contributed by atoms with Crippen molar-refractivity contribution in [2.24, 2.45) is 0 Å². The molecule has 0 fully saturated rings. The highest BCUT2D eigenvalue weighted by atomic mass is 16.5. The SMILES string of the molecule is C=CCOC(C=C)N[NH]. The van der Waals surface area contributed by atoms with Crippen LogP contribution in [0.15, 0.2) is 25.3 Å². The molecule has 0 saturated heterocycles. The van der Waals surface area contributed by atoms with Gasteiger partial charge >= 0.3 is 0 Å². The second-order valence-electron chi connectivity index (χ2n) is 1.42. The van der Waals surface area contributed by atoms with Gasteiger partial charge in [-0.2, -0.15) is 5.84 Å². The summed E-state index contributed by atoms with van der Waals surface area (Å²) in [6.07, 6.45) is 2.74. The molecule has 1 atom stereocenters. The molecule has 2 N–H and O–H groups in total. The molecule has 0 spiro atoms. The summed E-state index contributed by atoms with van der Waals surface area (Å²) >= 11 is 0. The van der Waals surface area contributed by atoms with Gasteiger partial charge in [0.2, 0.25) is 0 Å². The van der Waals surface area contributed by atoms with E-state index in [-0.39, 0.29) is 6.23 Å². The Morgan fingerprint density at radius 1 is 1.67 bits per heavy atom. The van der Waals surface area contributed by atoms with E-state index >= 15 is 0 Å². The van der Waals surface area contributed by atoms with Gasteiger partial charge < -0.3 is 4.74 Å². The van der Waals surface area contributed by atoms with Gasteiger partial charge in [0.1, 0.15) is 6.23 Å². The summed E-state index contributed by atoms with van der Waals surface area (Å²) in [6.45, 7) is 7.33. The van der Waals surface area contributed by atoms with E-state index in [0.29, 0.717) is 6.61 Å². The van der Waals surface area contributed by atoms with E-state index in [1.165, 1.54) is 6.08 Å². The maximum absolute atomic E-state index is 6.66. The Kier molecular flexibility index (Phi) is 5.11. The summed E-state index contributed by atoms with van der Waals surface area (Å²) in [4.78, 5) is 0. The van der Waals surface area contributed by atoms with Crippen molar-refractivity contribution in [1.82, 2.24) is 11.3 Å². The third kappa shape index (κ3) is 3.90. The van der Waals surface area contributed by atoms with Crippen molar-refractivity contribution in [3.63, 3.8) is 0 Å². The van der Waals surface area contributed by atoms with Crippen LogP contribution in [-0.2, 0) is 4.74 Å². The molecule has 0 rings (SSSR count). The third-order valence-electron chi connectivity index (χ3n) is 0.750. The van der Waals surface area contributed by atoms with Gasteiger partial charge in [-0.25, -0.2) is 5.43 Å². The normalized spacial score (nSPS) is 12.6. The lowest BCUT2D eigenvalue weighted by atomic mass is 10.5. The molecule has 1 radical (unpaired) electrons. The Hall–Kier alpha value is -0.640. The molecule has 0 heterocycles. The van der Waals surface area contributed by atoms with Gasteiger partial charge in [0.25, 0.3) is 0 Å². The Labute approximate surface area is 55.2 Å². The number of ether oxygens (including phenoxy) is 1. The first-order chi connectivity index (χ1) is 4.35. The van der Waals surface area contributed by atoms with Crippen molar-refractivity contribution in [2.45, 2.75) is 6.23 Å². The predicted octanol–water partition coefficient (Wildman–Crippen LogP) is 0.489. The predicted molar refractivity (Wildman–Crippen MR) is 36.4 cm³/mol. The Balaban J connectivity index is 3.30. The molecule has 0 aliphatic carbocycles. The van der Waals surface area contributed by atoms with E-state index < -0.39 is 0 Å². The van der Waals surface area contributed by atoms with Gasteiger partial charge in [-0.3, -0.25) is 0 Å². The third-order valence-corrected chi connectivity index (χ3v) is 0.750. The quantitative estimate of drug-likeness (QED) is 0.332. The molecule has 0 aliphatic heterocycles. The lowest BCUT2D eigenvalue weighted by Gasteiger charge is -2.08. The minimum absolute atomic E-state index is 0.386. The Morgan fingerprint density at radius 3 is 2.67 bits per heavy atom. The van der Waals surface area contributed by atoms with E-state index in [2.05, 4.69) is 18.6 Å². The number of rotatable bonds is 5. The van der Waals surface area contributed by atoms with Gasteiger partial charge in [0, 0.05) is 0 Å². The molecule has 0 saturated carbocycles. The molecule has 0 aromatic carbocycles. The topological polar surface area (TPSA) is 45.1 Å². The summed E-state index contributed by atoms with van der Waals surface area (Å²) in [5.41, 5.74) is 2.15. The van der Waals surface area contributed by atoms with Gasteiger partial charge in [-0.05, 0) is 6.08 Å². The van der Waals surface area contributed by atoms with Crippen LogP contribution in [0.5, 0.6) is 0 Å². The highest BCUT2D eigenvalue weighted by Gasteiger charge is 1.95. The summed E-state index contributed by atoms with van der Waals surface area (Å²) in [7, 11) is 0. The summed E-state index contributed by atoms with van der Waals surface area (Å²) < 4.78 is 4.95. The Bertz CT molecular complexity index is 93.1. The number of hydrogen-bond acceptors (Lipinski definition) is 2. The molecule has 9 heavy (non-hydrogen) atoms. The molecule has 3 heteroatoms. The molecular weight excluding hydrogens is 116 g/mol. The average molecular weight is 127 g/mol. The zero-order chi connectivity index (χ0) is 7.11. The molecule has 1 unspecified atom stereocenters. The van der Waals surface area contributed by atoms with Crippen LogP contribution in [0.25, 0.3) is 0 Å².